The molecule has 0 saturated heterocycles. The largest absolute Gasteiger partial charge is 0.482 e. The molecule has 0 aliphatic rings. The Balaban J connectivity index is 2.02. The maximum absolute atomic E-state index is 12.0. The van der Waals surface area contributed by atoms with Crippen molar-refractivity contribution in [1.29, 1.82) is 0 Å². The lowest BCUT2D eigenvalue weighted by molar-refractivity contribution is -0.118. The van der Waals surface area contributed by atoms with Crippen molar-refractivity contribution in [2.45, 2.75) is 13.8 Å². The van der Waals surface area contributed by atoms with Crippen LogP contribution in [0.4, 0.5) is 5.69 Å². The van der Waals surface area contributed by atoms with Gasteiger partial charge in [-0.1, -0.05) is 46.9 Å². The first-order valence-electron chi connectivity index (χ1n) is 6.52. The van der Waals surface area contributed by atoms with Gasteiger partial charge in [-0.15, -0.1) is 0 Å². The zero-order valence-corrected chi connectivity index (χ0v) is 14.3. The van der Waals surface area contributed by atoms with Crippen LogP contribution in [-0.2, 0) is 4.79 Å². The molecule has 0 radical (unpaired) electrons. The first kappa shape index (κ1) is 16.9. The predicted octanol–water partition coefficient (Wildman–Crippen LogP) is 5.28. The maximum Gasteiger partial charge on any atom is 0.262 e. The molecule has 2 rings (SSSR count). The van der Waals surface area contributed by atoms with E-state index >= 15 is 0 Å². The van der Waals surface area contributed by atoms with Crippen LogP contribution in [0.1, 0.15) is 11.1 Å². The second-order valence-corrected chi connectivity index (χ2v) is 6.00. The molecule has 6 heteroatoms. The average molecular weight is 359 g/mol. The monoisotopic (exact) mass is 357 g/mol. The van der Waals surface area contributed by atoms with Gasteiger partial charge < -0.3 is 10.1 Å². The second kappa shape index (κ2) is 7.23. The lowest BCUT2D eigenvalue weighted by atomic mass is 10.1. The summed E-state index contributed by atoms with van der Waals surface area (Å²) >= 11 is 17.7. The van der Waals surface area contributed by atoms with Crippen LogP contribution in [0.2, 0.25) is 15.1 Å². The van der Waals surface area contributed by atoms with Gasteiger partial charge in [0.15, 0.2) is 6.61 Å². The fraction of sp³-hybridized carbons (Fsp3) is 0.188. The molecular weight excluding hydrogens is 345 g/mol. The van der Waals surface area contributed by atoms with E-state index in [1.54, 1.807) is 0 Å². The number of anilines is 1. The standard InChI is InChI=1S/C16H14Cl3NO2/c1-9-4-3-5-14(10(9)2)20-16(21)8-22-15-7-12(18)11(17)6-13(15)19/h3-7H,8H2,1-2H3,(H,20,21). The summed E-state index contributed by atoms with van der Waals surface area (Å²) in [6.07, 6.45) is 0. The molecule has 0 unspecified atom stereocenters. The van der Waals surface area contributed by atoms with Gasteiger partial charge in [-0.2, -0.15) is 0 Å². The van der Waals surface area contributed by atoms with Gasteiger partial charge in [0.2, 0.25) is 0 Å². The van der Waals surface area contributed by atoms with Crippen molar-refractivity contribution < 1.29 is 9.53 Å². The van der Waals surface area contributed by atoms with Crippen molar-refractivity contribution in [1.82, 2.24) is 0 Å². The molecule has 0 saturated carbocycles. The van der Waals surface area contributed by atoms with Crippen molar-refractivity contribution >= 4 is 46.4 Å². The summed E-state index contributed by atoms with van der Waals surface area (Å²) in [6, 6.07) is 8.67. The SMILES string of the molecule is Cc1cccc(NC(=O)COc2cc(Cl)c(Cl)cc2Cl)c1C. The molecule has 1 amide bonds. The van der Waals surface area contributed by atoms with E-state index in [0.29, 0.717) is 20.8 Å². The fourth-order valence-electron chi connectivity index (χ4n) is 1.83. The fourth-order valence-corrected chi connectivity index (χ4v) is 2.42. The van der Waals surface area contributed by atoms with Gasteiger partial charge in [0.25, 0.3) is 5.91 Å². The minimum absolute atomic E-state index is 0.176. The summed E-state index contributed by atoms with van der Waals surface area (Å²) < 4.78 is 5.39. The Bertz CT molecular complexity index is 717. The van der Waals surface area contributed by atoms with Gasteiger partial charge in [-0.05, 0) is 37.1 Å². The molecule has 0 aliphatic heterocycles. The number of ether oxygens (including phenoxy) is 1. The molecule has 0 fully saturated rings. The van der Waals surface area contributed by atoms with Crippen LogP contribution < -0.4 is 10.1 Å². The van der Waals surface area contributed by atoms with Crippen LogP contribution in [0.15, 0.2) is 30.3 Å². The molecule has 0 atom stereocenters. The molecule has 3 nitrogen and oxygen atoms in total. The van der Waals surface area contributed by atoms with E-state index in [0.717, 1.165) is 16.8 Å². The number of hydrogen-bond acceptors (Lipinski definition) is 2. The molecule has 22 heavy (non-hydrogen) atoms. The van der Waals surface area contributed by atoms with E-state index in [1.807, 2.05) is 32.0 Å². The summed E-state index contributed by atoms with van der Waals surface area (Å²) in [7, 11) is 0. The summed E-state index contributed by atoms with van der Waals surface area (Å²) in [4.78, 5) is 12.0. The minimum atomic E-state index is -0.282. The summed E-state index contributed by atoms with van der Waals surface area (Å²) in [5.41, 5.74) is 2.88. The lowest BCUT2D eigenvalue weighted by Gasteiger charge is -2.12. The third kappa shape index (κ3) is 4.07. The number of rotatable bonds is 4. The smallest absolute Gasteiger partial charge is 0.262 e. The second-order valence-electron chi connectivity index (χ2n) is 4.78. The van der Waals surface area contributed by atoms with Crippen molar-refractivity contribution in [2.75, 3.05) is 11.9 Å². The first-order chi connectivity index (χ1) is 10.4. The Morgan fingerprint density at radius 2 is 1.77 bits per heavy atom. The number of aryl methyl sites for hydroxylation is 1. The van der Waals surface area contributed by atoms with Gasteiger partial charge in [-0.25, -0.2) is 0 Å². The summed E-state index contributed by atoms with van der Waals surface area (Å²) in [5, 5.41) is 3.75. The number of hydrogen-bond donors (Lipinski definition) is 1. The van der Waals surface area contributed by atoms with E-state index in [9.17, 15) is 4.79 Å². The molecule has 116 valence electrons. The summed E-state index contributed by atoms with van der Waals surface area (Å²) in [5.74, 6) is 0.0306. The van der Waals surface area contributed by atoms with Gasteiger partial charge in [0.1, 0.15) is 5.75 Å². The number of benzene rings is 2. The quantitative estimate of drug-likeness (QED) is 0.755. The number of carbonyl (C=O) groups excluding carboxylic acids is 1. The Hall–Kier alpha value is -1.42. The van der Waals surface area contributed by atoms with Crippen LogP contribution in [0.3, 0.4) is 0 Å². The van der Waals surface area contributed by atoms with Crippen molar-refractivity contribution in [2.24, 2.45) is 0 Å². The third-order valence-electron chi connectivity index (χ3n) is 3.21. The normalized spacial score (nSPS) is 10.4. The number of nitrogens with one attached hydrogen (secondary N) is 1. The summed E-state index contributed by atoms with van der Waals surface area (Å²) in [6.45, 7) is 3.75. The highest BCUT2D eigenvalue weighted by Crippen LogP contribution is 2.33. The zero-order valence-electron chi connectivity index (χ0n) is 12.0. The van der Waals surface area contributed by atoms with E-state index < -0.39 is 0 Å². The highest BCUT2D eigenvalue weighted by Gasteiger charge is 2.10. The van der Waals surface area contributed by atoms with Gasteiger partial charge in [0.05, 0.1) is 15.1 Å². The number of carbonyl (C=O) groups is 1. The van der Waals surface area contributed by atoms with Crippen LogP contribution >= 0.6 is 34.8 Å². The third-order valence-corrected chi connectivity index (χ3v) is 4.23. The molecule has 0 heterocycles. The predicted molar refractivity (Wildman–Crippen MR) is 91.5 cm³/mol. The minimum Gasteiger partial charge on any atom is -0.482 e. The molecule has 0 aromatic heterocycles. The highest BCUT2D eigenvalue weighted by atomic mass is 35.5. The van der Waals surface area contributed by atoms with Crippen LogP contribution in [0.25, 0.3) is 0 Å². The topological polar surface area (TPSA) is 38.3 Å². The van der Waals surface area contributed by atoms with E-state index in [2.05, 4.69) is 5.32 Å². The molecular formula is C16H14Cl3NO2. The van der Waals surface area contributed by atoms with Crippen LogP contribution in [0, 0.1) is 13.8 Å². The van der Waals surface area contributed by atoms with Crippen LogP contribution in [-0.4, -0.2) is 12.5 Å². The molecule has 2 aromatic rings. The van der Waals surface area contributed by atoms with Crippen molar-refractivity contribution in [3.63, 3.8) is 0 Å². The number of amides is 1. The Kier molecular flexibility index (Phi) is 5.57. The molecule has 0 spiro atoms. The van der Waals surface area contributed by atoms with Crippen molar-refractivity contribution in [3.05, 3.63) is 56.5 Å². The zero-order chi connectivity index (χ0) is 16.3. The lowest BCUT2D eigenvalue weighted by Crippen LogP contribution is -2.20. The first-order valence-corrected chi connectivity index (χ1v) is 7.65. The molecule has 0 bridgehead atoms. The van der Waals surface area contributed by atoms with Gasteiger partial charge in [0, 0.05) is 11.8 Å². The van der Waals surface area contributed by atoms with Crippen LogP contribution in [0.5, 0.6) is 5.75 Å². The van der Waals surface area contributed by atoms with Crippen molar-refractivity contribution in [3.8, 4) is 5.75 Å². The molecule has 2 aromatic carbocycles. The average Bonchev–Trinajstić information content (AvgIpc) is 2.46. The van der Waals surface area contributed by atoms with E-state index in [4.69, 9.17) is 39.5 Å². The van der Waals surface area contributed by atoms with E-state index in [1.165, 1.54) is 12.1 Å². The maximum atomic E-state index is 12.0. The molecule has 0 aliphatic carbocycles. The van der Waals surface area contributed by atoms with E-state index in [-0.39, 0.29) is 12.5 Å². The molecule has 1 N–H and O–H groups in total. The number of halogens is 3. The van der Waals surface area contributed by atoms with Gasteiger partial charge >= 0.3 is 0 Å². The van der Waals surface area contributed by atoms with Gasteiger partial charge in [-0.3, -0.25) is 4.79 Å². The highest BCUT2D eigenvalue weighted by molar-refractivity contribution is 6.43. The Labute approximate surface area is 144 Å². The Morgan fingerprint density at radius 3 is 2.50 bits per heavy atom. The Morgan fingerprint density at radius 1 is 1.09 bits per heavy atom.